The fourth-order valence-electron chi connectivity index (χ4n) is 1.13. The lowest BCUT2D eigenvalue weighted by Gasteiger charge is -2.03. The Hall–Kier alpha value is -0.960. The van der Waals surface area contributed by atoms with Gasteiger partial charge in [-0.05, 0) is 31.2 Å². The Labute approximate surface area is 89.2 Å². The first-order valence-electron chi connectivity index (χ1n) is 4.48. The van der Waals surface area contributed by atoms with Crippen molar-refractivity contribution in [1.82, 2.24) is 0 Å². The fraction of sp³-hybridized carbons (Fsp3) is 0.273. The maximum Gasteiger partial charge on any atom is 0.135 e. The van der Waals surface area contributed by atoms with Gasteiger partial charge in [0.1, 0.15) is 5.82 Å². The predicted molar refractivity (Wildman–Crippen MR) is 63.1 cm³/mol. The molecule has 2 N–H and O–H groups in total. The van der Waals surface area contributed by atoms with E-state index in [0.717, 1.165) is 12.2 Å². The quantitative estimate of drug-likeness (QED) is 0.583. The summed E-state index contributed by atoms with van der Waals surface area (Å²) in [6, 6.07) is 3.41. The molecule has 0 aromatic heterocycles. The summed E-state index contributed by atoms with van der Waals surface area (Å²) in [5, 5.41) is 0. The van der Waals surface area contributed by atoms with Crippen LogP contribution < -0.4 is 5.73 Å². The minimum absolute atomic E-state index is 0.236. The molecular weight excluding hydrogens is 197 g/mol. The predicted octanol–water partition coefficient (Wildman–Crippen LogP) is 3.05. The molecule has 1 nitrogen and oxygen atoms in total. The lowest BCUT2D eigenvalue weighted by Crippen LogP contribution is -1.94. The van der Waals surface area contributed by atoms with Crippen LogP contribution in [0.2, 0.25) is 0 Å². The van der Waals surface area contributed by atoms with E-state index in [1.54, 1.807) is 25.1 Å². The molecule has 0 spiro atoms. The van der Waals surface area contributed by atoms with Crippen molar-refractivity contribution < 1.29 is 4.39 Å². The second-order valence-corrected chi connectivity index (χ2v) is 3.54. The molecule has 0 aliphatic rings. The van der Waals surface area contributed by atoms with Gasteiger partial charge in [0.15, 0.2) is 0 Å². The van der Waals surface area contributed by atoms with Crippen LogP contribution in [0.4, 0.5) is 10.1 Å². The van der Waals surface area contributed by atoms with Crippen LogP contribution in [-0.4, -0.2) is 5.75 Å². The molecule has 0 bridgehead atoms. The van der Waals surface area contributed by atoms with Gasteiger partial charge in [-0.2, -0.15) is 12.6 Å². The topological polar surface area (TPSA) is 26.0 Å². The number of nitrogens with two attached hydrogens (primary N) is 1. The number of hydrogen-bond donors (Lipinski definition) is 2. The highest BCUT2D eigenvalue weighted by atomic mass is 32.1. The third-order valence-corrected chi connectivity index (χ3v) is 2.31. The maximum absolute atomic E-state index is 13.5. The van der Waals surface area contributed by atoms with Gasteiger partial charge in [-0.15, -0.1) is 0 Å². The van der Waals surface area contributed by atoms with E-state index in [4.69, 9.17) is 5.73 Å². The SMILES string of the molecule is Cc1c(N)ccc(C=CCCS)c1F. The van der Waals surface area contributed by atoms with Crippen LogP contribution in [0, 0.1) is 12.7 Å². The van der Waals surface area contributed by atoms with Crippen molar-refractivity contribution >= 4 is 24.4 Å². The Morgan fingerprint density at radius 1 is 1.50 bits per heavy atom. The van der Waals surface area contributed by atoms with Crippen molar-refractivity contribution in [3.63, 3.8) is 0 Å². The Morgan fingerprint density at radius 2 is 2.21 bits per heavy atom. The standard InChI is InChI=1S/C11H14FNS/c1-8-10(13)6-5-9(11(8)12)4-2-3-7-14/h2,4-6,14H,3,7,13H2,1H3. The minimum Gasteiger partial charge on any atom is -0.398 e. The summed E-state index contributed by atoms with van der Waals surface area (Å²) >= 11 is 4.06. The molecule has 0 saturated carbocycles. The largest absolute Gasteiger partial charge is 0.398 e. The van der Waals surface area contributed by atoms with Gasteiger partial charge in [-0.3, -0.25) is 0 Å². The summed E-state index contributed by atoms with van der Waals surface area (Å²) in [5.74, 6) is 0.534. The van der Waals surface area contributed by atoms with Crippen molar-refractivity contribution in [3.05, 3.63) is 35.2 Å². The second kappa shape index (κ2) is 5.05. The Kier molecular flexibility index (Phi) is 4.01. The van der Waals surface area contributed by atoms with Crippen molar-refractivity contribution in [2.24, 2.45) is 0 Å². The molecule has 0 radical (unpaired) electrons. The third kappa shape index (κ3) is 2.51. The second-order valence-electron chi connectivity index (χ2n) is 3.10. The van der Waals surface area contributed by atoms with E-state index in [0.29, 0.717) is 16.8 Å². The molecule has 0 amide bonds. The molecule has 0 fully saturated rings. The van der Waals surface area contributed by atoms with E-state index in [1.807, 2.05) is 6.08 Å². The smallest absolute Gasteiger partial charge is 0.135 e. The molecule has 0 heterocycles. The minimum atomic E-state index is -0.236. The fourth-order valence-corrected chi connectivity index (χ4v) is 1.28. The van der Waals surface area contributed by atoms with E-state index in [1.165, 1.54) is 0 Å². The van der Waals surface area contributed by atoms with Crippen molar-refractivity contribution in [3.8, 4) is 0 Å². The molecule has 76 valence electrons. The summed E-state index contributed by atoms with van der Waals surface area (Å²) < 4.78 is 13.5. The zero-order valence-corrected chi connectivity index (χ0v) is 9.02. The molecule has 0 unspecified atom stereocenters. The van der Waals surface area contributed by atoms with Crippen LogP contribution in [-0.2, 0) is 0 Å². The van der Waals surface area contributed by atoms with Gasteiger partial charge in [0.05, 0.1) is 0 Å². The van der Waals surface area contributed by atoms with E-state index < -0.39 is 0 Å². The molecule has 1 aromatic carbocycles. The monoisotopic (exact) mass is 211 g/mol. The highest BCUT2D eigenvalue weighted by molar-refractivity contribution is 7.80. The van der Waals surface area contributed by atoms with Crippen molar-refractivity contribution in [2.45, 2.75) is 13.3 Å². The summed E-state index contributed by atoms with van der Waals surface area (Å²) in [6.45, 7) is 1.68. The molecule has 0 aliphatic heterocycles. The normalized spacial score (nSPS) is 11.1. The number of benzene rings is 1. The lowest BCUT2D eigenvalue weighted by molar-refractivity contribution is 0.616. The van der Waals surface area contributed by atoms with Crippen molar-refractivity contribution in [1.29, 1.82) is 0 Å². The number of nitrogen functional groups attached to an aromatic ring is 1. The number of halogens is 1. The summed E-state index contributed by atoms with van der Waals surface area (Å²) in [6.07, 6.45) is 4.50. The van der Waals surface area contributed by atoms with Gasteiger partial charge < -0.3 is 5.73 Å². The number of anilines is 1. The number of hydrogen-bond acceptors (Lipinski definition) is 2. The van der Waals surface area contributed by atoms with E-state index >= 15 is 0 Å². The van der Waals surface area contributed by atoms with E-state index in [-0.39, 0.29) is 5.82 Å². The van der Waals surface area contributed by atoms with Gasteiger partial charge in [-0.25, -0.2) is 4.39 Å². The zero-order valence-electron chi connectivity index (χ0n) is 8.13. The molecule has 0 aliphatic carbocycles. The molecule has 0 atom stereocenters. The van der Waals surface area contributed by atoms with Crippen LogP contribution >= 0.6 is 12.6 Å². The van der Waals surface area contributed by atoms with Gasteiger partial charge in [-0.1, -0.05) is 12.2 Å². The third-order valence-electron chi connectivity index (χ3n) is 2.05. The van der Waals surface area contributed by atoms with E-state index in [2.05, 4.69) is 12.6 Å². The highest BCUT2D eigenvalue weighted by Crippen LogP contribution is 2.19. The zero-order chi connectivity index (χ0) is 10.6. The molecule has 0 saturated heterocycles. The summed E-state index contributed by atoms with van der Waals surface area (Å²) in [4.78, 5) is 0. The first-order chi connectivity index (χ1) is 6.66. The number of thiol groups is 1. The van der Waals surface area contributed by atoms with Gasteiger partial charge in [0, 0.05) is 16.8 Å². The molecule has 14 heavy (non-hydrogen) atoms. The summed E-state index contributed by atoms with van der Waals surface area (Å²) in [7, 11) is 0. The number of allylic oxidation sites excluding steroid dienone is 1. The van der Waals surface area contributed by atoms with Gasteiger partial charge >= 0.3 is 0 Å². The first-order valence-corrected chi connectivity index (χ1v) is 5.12. The Balaban J connectivity index is 2.94. The lowest BCUT2D eigenvalue weighted by atomic mass is 10.1. The molecule has 3 heteroatoms. The molecular formula is C11H14FNS. The van der Waals surface area contributed by atoms with E-state index in [9.17, 15) is 4.39 Å². The number of rotatable bonds is 3. The Morgan fingerprint density at radius 3 is 2.86 bits per heavy atom. The highest BCUT2D eigenvalue weighted by Gasteiger charge is 2.04. The van der Waals surface area contributed by atoms with Crippen LogP contribution in [0.25, 0.3) is 6.08 Å². The average Bonchev–Trinajstić information content (AvgIpc) is 2.18. The average molecular weight is 211 g/mol. The van der Waals surface area contributed by atoms with Crippen LogP contribution in [0.3, 0.4) is 0 Å². The van der Waals surface area contributed by atoms with Crippen LogP contribution in [0.15, 0.2) is 18.2 Å². The summed E-state index contributed by atoms with van der Waals surface area (Å²) in [5.41, 5.74) is 7.16. The van der Waals surface area contributed by atoms with Gasteiger partial charge in [0.25, 0.3) is 0 Å². The van der Waals surface area contributed by atoms with Crippen LogP contribution in [0.5, 0.6) is 0 Å². The maximum atomic E-state index is 13.5. The van der Waals surface area contributed by atoms with Gasteiger partial charge in [0.2, 0.25) is 0 Å². The first kappa shape index (κ1) is 11.1. The Bertz CT molecular complexity index is 347. The van der Waals surface area contributed by atoms with Crippen molar-refractivity contribution in [2.75, 3.05) is 11.5 Å². The molecule has 1 rings (SSSR count). The molecule has 1 aromatic rings. The van der Waals surface area contributed by atoms with Crippen LogP contribution in [0.1, 0.15) is 17.5 Å².